The minimum absolute atomic E-state index is 0.166. The van der Waals surface area contributed by atoms with E-state index in [2.05, 4.69) is 35.8 Å². The largest absolute Gasteiger partial charge is 0.323 e. The second kappa shape index (κ2) is 5.42. The number of hydrogen-bond donors (Lipinski definition) is 2. The van der Waals surface area contributed by atoms with E-state index in [0.717, 1.165) is 6.54 Å². The summed E-state index contributed by atoms with van der Waals surface area (Å²) in [6.45, 7) is 1.03. The van der Waals surface area contributed by atoms with Gasteiger partial charge in [-0.3, -0.25) is 0 Å². The Morgan fingerprint density at radius 3 is 2.41 bits per heavy atom. The van der Waals surface area contributed by atoms with Crippen molar-refractivity contribution >= 4 is 11.8 Å². The zero-order valence-corrected chi connectivity index (χ0v) is 11.5. The van der Waals surface area contributed by atoms with Gasteiger partial charge < -0.3 is 11.1 Å². The summed E-state index contributed by atoms with van der Waals surface area (Å²) in [7, 11) is 2.02. The Balaban J connectivity index is 2.14. The van der Waals surface area contributed by atoms with Crippen molar-refractivity contribution in [1.82, 2.24) is 5.32 Å². The Morgan fingerprint density at radius 2 is 2.00 bits per heavy atom. The summed E-state index contributed by atoms with van der Waals surface area (Å²) >= 11 is 1.77. The van der Waals surface area contributed by atoms with Gasteiger partial charge in [-0.15, -0.1) is 11.8 Å². The van der Waals surface area contributed by atoms with Crippen LogP contribution in [0.2, 0.25) is 0 Å². The van der Waals surface area contributed by atoms with Crippen molar-refractivity contribution in [1.29, 1.82) is 0 Å². The molecule has 94 valence electrons. The average molecular weight is 250 g/mol. The molecule has 1 aliphatic carbocycles. The van der Waals surface area contributed by atoms with Crippen LogP contribution in [0.4, 0.5) is 0 Å². The highest BCUT2D eigenvalue weighted by molar-refractivity contribution is 7.98. The summed E-state index contributed by atoms with van der Waals surface area (Å²) in [6.07, 6.45) is 5.92. The lowest BCUT2D eigenvalue weighted by Gasteiger charge is -2.46. The number of hydrogen-bond acceptors (Lipinski definition) is 3. The van der Waals surface area contributed by atoms with Crippen molar-refractivity contribution in [2.24, 2.45) is 11.1 Å². The van der Waals surface area contributed by atoms with Gasteiger partial charge in [-0.25, -0.2) is 0 Å². The molecular weight excluding hydrogens is 228 g/mol. The zero-order valence-electron chi connectivity index (χ0n) is 10.7. The van der Waals surface area contributed by atoms with Crippen LogP contribution < -0.4 is 11.1 Å². The van der Waals surface area contributed by atoms with Crippen molar-refractivity contribution in [3.8, 4) is 0 Å². The molecule has 0 heterocycles. The van der Waals surface area contributed by atoms with Gasteiger partial charge in [0.25, 0.3) is 0 Å². The van der Waals surface area contributed by atoms with E-state index >= 15 is 0 Å². The van der Waals surface area contributed by atoms with E-state index < -0.39 is 0 Å². The van der Waals surface area contributed by atoms with Crippen LogP contribution in [0.5, 0.6) is 0 Å². The van der Waals surface area contributed by atoms with Crippen LogP contribution in [-0.2, 0) is 0 Å². The molecule has 0 spiro atoms. The van der Waals surface area contributed by atoms with Crippen LogP contribution in [0.3, 0.4) is 0 Å². The fourth-order valence-corrected chi connectivity index (χ4v) is 3.15. The highest BCUT2D eigenvalue weighted by atomic mass is 32.2. The lowest BCUT2D eigenvalue weighted by molar-refractivity contribution is 0.0947. The van der Waals surface area contributed by atoms with E-state index in [1.54, 1.807) is 11.8 Å². The second-order valence-corrected chi connectivity index (χ2v) is 5.88. The molecule has 2 nitrogen and oxygen atoms in total. The SMILES string of the molecule is CNCC1(C(N)c2ccc(SC)cc2)CCC1. The summed E-state index contributed by atoms with van der Waals surface area (Å²) < 4.78 is 0. The molecule has 0 saturated heterocycles. The van der Waals surface area contributed by atoms with Gasteiger partial charge in [0.15, 0.2) is 0 Å². The van der Waals surface area contributed by atoms with Gasteiger partial charge in [0.05, 0.1) is 0 Å². The Kier molecular flexibility index (Phi) is 4.13. The third-order valence-corrected chi connectivity index (χ3v) is 4.76. The summed E-state index contributed by atoms with van der Waals surface area (Å²) in [5.74, 6) is 0. The molecule has 0 aromatic heterocycles. The lowest BCUT2D eigenvalue weighted by atomic mass is 9.62. The molecule has 1 unspecified atom stereocenters. The monoisotopic (exact) mass is 250 g/mol. The molecule has 17 heavy (non-hydrogen) atoms. The van der Waals surface area contributed by atoms with Crippen LogP contribution in [-0.4, -0.2) is 19.8 Å². The van der Waals surface area contributed by atoms with E-state index in [-0.39, 0.29) is 11.5 Å². The van der Waals surface area contributed by atoms with Gasteiger partial charge in [-0.1, -0.05) is 18.6 Å². The second-order valence-electron chi connectivity index (χ2n) is 5.00. The Labute approximate surface area is 108 Å². The quantitative estimate of drug-likeness (QED) is 0.789. The van der Waals surface area contributed by atoms with Crippen molar-refractivity contribution in [3.05, 3.63) is 29.8 Å². The molecule has 1 aliphatic rings. The molecule has 0 bridgehead atoms. The van der Waals surface area contributed by atoms with Crippen molar-refractivity contribution < 1.29 is 0 Å². The molecule has 3 heteroatoms. The van der Waals surface area contributed by atoms with Gasteiger partial charge in [-0.05, 0) is 43.8 Å². The highest BCUT2D eigenvalue weighted by Gasteiger charge is 2.42. The van der Waals surface area contributed by atoms with Crippen molar-refractivity contribution in [2.75, 3.05) is 19.8 Å². The topological polar surface area (TPSA) is 38.0 Å². The van der Waals surface area contributed by atoms with Crippen molar-refractivity contribution in [2.45, 2.75) is 30.2 Å². The smallest absolute Gasteiger partial charge is 0.0364 e. The minimum Gasteiger partial charge on any atom is -0.323 e. The van der Waals surface area contributed by atoms with Gasteiger partial charge in [0, 0.05) is 22.9 Å². The van der Waals surface area contributed by atoms with E-state index in [1.807, 2.05) is 7.05 Å². The third-order valence-electron chi connectivity index (χ3n) is 4.01. The minimum atomic E-state index is 0.166. The first-order valence-corrected chi connectivity index (χ1v) is 7.48. The average Bonchev–Trinajstić information content (AvgIpc) is 2.33. The number of rotatable bonds is 5. The number of nitrogens with two attached hydrogens (primary N) is 1. The molecular formula is C14H22N2S. The molecule has 0 amide bonds. The number of benzene rings is 1. The maximum absolute atomic E-state index is 6.47. The van der Waals surface area contributed by atoms with Gasteiger partial charge >= 0.3 is 0 Å². The van der Waals surface area contributed by atoms with Gasteiger partial charge in [-0.2, -0.15) is 0 Å². The molecule has 0 radical (unpaired) electrons. The summed E-state index contributed by atoms with van der Waals surface area (Å²) in [5, 5.41) is 3.30. The first kappa shape index (κ1) is 12.9. The molecule has 1 aromatic carbocycles. The summed E-state index contributed by atoms with van der Waals surface area (Å²) in [4.78, 5) is 1.30. The fourth-order valence-electron chi connectivity index (χ4n) is 2.75. The predicted octanol–water partition coefficient (Wildman–Crippen LogP) is 2.80. The molecule has 1 fully saturated rings. The van der Waals surface area contributed by atoms with Crippen LogP contribution in [0.15, 0.2) is 29.2 Å². The van der Waals surface area contributed by atoms with Crippen molar-refractivity contribution in [3.63, 3.8) is 0 Å². The van der Waals surface area contributed by atoms with Crippen LogP contribution in [0.1, 0.15) is 30.9 Å². The fraction of sp³-hybridized carbons (Fsp3) is 0.571. The van der Waals surface area contributed by atoms with E-state index in [1.165, 1.54) is 29.7 Å². The number of nitrogens with one attached hydrogen (secondary N) is 1. The lowest BCUT2D eigenvalue weighted by Crippen LogP contribution is -2.46. The van der Waals surface area contributed by atoms with Gasteiger partial charge in [0.1, 0.15) is 0 Å². The Bertz CT molecular complexity index is 357. The van der Waals surface area contributed by atoms with E-state index in [4.69, 9.17) is 5.73 Å². The predicted molar refractivity (Wildman–Crippen MR) is 75.4 cm³/mol. The first-order chi connectivity index (χ1) is 8.22. The Morgan fingerprint density at radius 1 is 1.35 bits per heavy atom. The van der Waals surface area contributed by atoms with Gasteiger partial charge in [0.2, 0.25) is 0 Å². The van der Waals surface area contributed by atoms with Crippen LogP contribution >= 0.6 is 11.8 Å². The maximum atomic E-state index is 6.47. The molecule has 1 atom stereocenters. The highest BCUT2D eigenvalue weighted by Crippen LogP contribution is 2.48. The van der Waals surface area contributed by atoms with Crippen LogP contribution in [0, 0.1) is 5.41 Å². The Hall–Kier alpha value is -0.510. The summed E-state index contributed by atoms with van der Waals surface area (Å²) in [5.41, 5.74) is 8.03. The van der Waals surface area contributed by atoms with Crippen LogP contribution in [0.25, 0.3) is 0 Å². The molecule has 2 rings (SSSR count). The molecule has 1 saturated carbocycles. The normalized spacial score (nSPS) is 19.7. The molecule has 1 aromatic rings. The standard InChI is InChI=1S/C14H22N2S/c1-16-10-14(8-3-9-14)13(15)11-4-6-12(17-2)7-5-11/h4-7,13,16H,3,8-10,15H2,1-2H3. The first-order valence-electron chi connectivity index (χ1n) is 6.26. The molecule has 0 aliphatic heterocycles. The molecule has 3 N–H and O–H groups in total. The van der Waals surface area contributed by atoms with E-state index in [9.17, 15) is 0 Å². The number of thioether (sulfide) groups is 1. The zero-order chi connectivity index (χ0) is 12.3. The maximum Gasteiger partial charge on any atom is 0.0364 e. The third kappa shape index (κ3) is 2.51. The summed E-state index contributed by atoms with van der Waals surface area (Å²) in [6, 6.07) is 8.88. The van der Waals surface area contributed by atoms with E-state index in [0.29, 0.717) is 0 Å².